The van der Waals surface area contributed by atoms with Crippen molar-refractivity contribution in [1.82, 2.24) is 5.32 Å². The molecule has 1 radical (unpaired) electrons. The van der Waals surface area contributed by atoms with Crippen LogP contribution in [0.4, 0.5) is 4.79 Å². The number of alkyl halides is 2. The first-order valence-corrected chi connectivity index (χ1v) is 2.26. The molecule has 0 aromatic carbocycles. The Morgan fingerprint density at radius 1 is 1.57 bits per heavy atom. The summed E-state index contributed by atoms with van der Waals surface area (Å²) in [5.74, 6) is 0. The van der Waals surface area contributed by atoms with E-state index in [2.05, 4.69) is 0 Å². The summed E-state index contributed by atoms with van der Waals surface area (Å²) < 4.78 is 0. The summed E-state index contributed by atoms with van der Waals surface area (Å²) >= 11 is 9.81. The minimum Gasteiger partial charge on any atom is -0.289 e. The molecule has 0 rings (SSSR count). The Kier molecular flexibility index (Phi) is 2.87. The molecule has 41 valence electrons. The van der Waals surface area contributed by atoms with E-state index < -0.39 is 11.1 Å². The SMILES string of the molecule is [O]C(=O)NC(Cl)Cl. The highest BCUT2D eigenvalue weighted by Crippen LogP contribution is 1.93. The van der Waals surface area contributed by atoms with Crippen molar-refractivity contribution in [3.05, 3.63) is 0 Å². The van der Waals surface area contributed by atoms with E-state index in [9.17, 15) is 9.90 Å². The Labute approximate surface area is 50.2 Å². The first-order valence-electron chi connectivity index (χ1n) is 1.38. The fourth-order valence-corrected chi connectivity index (χ4v) is 0.267. The van der Waals surface area contributed by atoms with E-state index in [-0.39, 0.29) is 0 Å². The van der Waals surface area contributed by atoms with Crippen LogP contribution < -0.4 is 5.32 Å². The van der Waals surface area contributed by atoms with E-state index in [1.807, 2.05) is 0 Å². The summed E-state index contributed by atoms with van der Waals surface area (Å²) in [7, 11) is 0. The van der Waals surface area contributed by atoms with Crippen molar-refractivity contribution < 1.29 is 9.90 Å². The smallest absolute Gasteiger partial charge is 0.289 e. The van der Waals surface area contributed by atoms with Gasteiger partial charge in [-0.15, -0.1) is 0 Å². The van der Waals surface area contributed by atoms with Crippen molar-refractivity contribution >= 4 is 29.3 Å². The Balaban J connectivity index is 3.13. The van der Waals surface area contributed by atoms with Gasteiger partial charge in [0, 0.05) is 0 Å². The Morgan fingerprint density at radius 2 is 2.00 bits per heavy atom. The zero-order valence-electron chi connectivity index (χ0n) is 3.15. The molecule has 0 aliphatic heterocycles. The summed E-state index contributed by atoms with van der Waals surface area (Å²) in [6, 6.07) is 0. The van der Waals surface area contributed by atoms with Crippen LogP contribution in [-0.4, -0.2) is 11.1 Å². The molecule has 0 atom stereocenters. The Bertz CT molecular complexity index is 74.1. The van der Waals surface area contributed by atoms with Crippen LogP contribution in [0.15, 0.2) is 0 Å². The van der Waals surface area contributed by atoms with Crippen molar-refractivity contribution in [3.8, 4) is 0 Å². The van der Waals surface area contributed by atoms with Gasteiger partial charge < -0.3 is 0 Å². The molecule has 1 amide bonds. The van der Waals surface area contributed by atoms with Crippen LogP contribution >= 0.6 is 23.2 Å². The third kappa shape index (κ3) is 5.85. The second kappa shape index (κ2) is 2.93. The molecule has 3 nitrogen and oxygen atoms in total. The zero-order valence-corrected chi connectivity index (χ0v) is 4.66. The summed E-state index contributed by atoms with van der Waals surface area (Å²) in [4.78, 5) is 8.33. The Hall–Kier alpha value is -0.150. The van der Waals surface area contributed by atoms with E-state index in [0.717, 1.165) is 0 Å². The van der Waals surface area contributed by atoms with Crippen molar-refractivity contribution in [3.63, 3.8) is 0 Å². The van der Waals surface area contributed by atoms with Gasteiger partial charge in [-0.1, -0.05) is 23.2 Å². The first kappa shape index (κ1) is 6.85. The Morgan fingerprint density at radius 3 is 2.00 bits per heavy atom. The fourth-order valence-electron chi connectivity index (χ4n) is 0.0891. The number of hydrogen-bond donors (Lipinski definition) is 1. The lowest BCUT2D eigenvalue weighted by Crippen LogP contribution is -2.23. The molecule has 5 heteroatoms. The maximum absolute atomic E-state index is 9.42. The number of carbonyl (C=O) groups is 1. The van der Waals surface area contributed by atoms with Gasteiger partial charge in [0.1, 0.15) is 0 Å². The van der Waals surface area contributed by atoms with Crippen molar-refractivity contribution in [1.29, 1.82) is 0 Å². The molecule has 0 aromatic heterocycles. The largest absolute Gasteiger partial charge is 0.452 e. The molecule has 0 saturated carbocycles. The average molecular weight is 143 g/mol. The van der Waals surface area contributed by atoms with Gasteiger partial charge in [-0.25, -0.2) is 9.90 Å². The predicted molar refractivity (Wildman–Crippen MR) is 24.7 cm³/mol. The van der Waals surface area contributed by atoms with Crippen LogP contribution in [0.1, 0.15) is 0 Å². The molecule has 0 aromatic rings. The number of hydrogen-bond acceptors (Lipinski definition) is 1. The van der Waals surface area contributed by atoms with Gasteiger partial charge in [-0.2, -0.15) is 0 Å². The lowest BCUT2D eigenvalue weighted by atomic mass is 11.1. The van der Waals surface area contributed by atoms with Gasteiger partial charge >= 0.3 is 6.09 Å². The lowest BCUT2D eigenvalue weighted by molar-refractivity contribution is 0.169. The van der Waals surface area contributed by atoms with Gasteiger partial charge in [0.05, 0.1) is 0 Å². The predicted octanol–water partition coefficient (Wildman–Crippen LogP) is 0.888. The zero-order chi connectivity index (χ0) is 5.86. The molecule has 0 fully saturated rings. The van der Waals surface area contributed by atoms with Gasteiger partial charge in [0.25, 0.3) is 0 Å². The highest BCUT2D eigenvalue weighted by molar-refractivity contribution is 6.44. The van der Waals surface area contributed by atoms with Crippen LogP contribution in [0.25, 0.3) is 0 Å². The molecule has 7 heavy (non-hydrogen) atoms. The first-order chi connectivity index (χ1) is 3.13. The van der Waals surface area contributed by atoms with Crippen LogP contribution in [-0.2, 0) is 5.11 Å². The molecule has 0 spiro atoms. The van der Waals surface area contributed by atoms with Crippen LogP contribution in [0, 0.1) is 0 Å². The topological polar surface area (TPSA) is 49.0 Å². The summed E-state index contributed by atoms with van der Waals surface area (Å²) in [6.45, 7) is 0. The standard InChI is InChI=1S/C2H2Cl2NO2/c3-1(4)5-2(6)7/h1,5H. The van der Waals surface area contributed by atoms with E-state index in [1.54, 1.807) is 5.32 Å². The maximum Gasteiger partial charge on any atom is 0.452 e. The molecule has 0 heterocycles. The van der Waals surface area contributed by atoms with Crippen molar-refractivity contribution in [2.75, 3.05) is 0 Å². The highest BCUT2D eigenvalue weighted by atomic mass is 35.5. The van der Waals surface area contributed by atoms with Crippen molar-refractivity contribution in [2.45, 2.75) is 4.96 Å². The molecule has 0 saturated heterocycles. The number of nitrogens with one attached hydrogen (secondary N) is 1. The van der Waals surface area contributed by atoms with E-state index in [4.69, 9.17) is 23.2 Å². The normalized spacial score (nSPS) is 9.00. The van der Waals surface area contributed by atoms with Gasteiger partial charge in [0.15, 0.2) is 4.96 Å². The highest BCUT2D eigenvalue weighted by Gasteiger charge is 2.01. The molecular formula is C2H2Cl2NO2. The quantitative estimate of drug-likeness (QED) is 0.430. The molecule has 0 aliphatic carbocycles. The minimum atomic E-state index is -1.48. The van der Waals surface area contributed by atoms with Gasteiger partial charge in [0.2, 0.25) is 0 Å². The summed E-state index contributed by atoms with van der Waals surface area (Å²) in [5.41, 5.74) is 0. The number of amides is 1. The monoisotopic (exact) mass is 142 g/mol. The van der Waals surface area contributed by atoms with Crippen LogP contribution in [0.3, 0.4) is 0 Å². The lowest BCUT2D eigenvalue weighted by Gasteiger charge is -1.93. The fraction of sp³-hybridized carbons (Fsp3) is 0.500. The minimum absolute atomic E-state index is 1.09. The maximum atomic E-state index is 9.42. The molecule has 0 aliphatic rings. The second-order valence-electron chi connectivity index (χ2n) is 0.732. The van der Waals surface area contributed by atoms with Gasteiger partial charge in [-0.05, 0) is 0 Å². The van der Waals surface area contributed by atoms with E-state index in [0.29, 0.717) is 0 Å². The molecule has 0 unspecified atom stereocenters. The number of rotatable bonds is 1. The molecule has 0 bridgehead atoms. The van der Waals surface area contributed by atoms with Crippen LogP contribution in [0.5, 0.6) is 0 Å². The average Bonchev–Trinajstić information content (AvgIpc) is 1.27. The van der Waals surface area contributed by atoms with Gasteiger partial charge in [-0.3, -0.25) is 5.32 Å². The van der Waals surface area contributed by atoms with E-state index in [1.165, 1.54) is 0 Å². The summed E-state index contributed by atoms with van der Waals surface area (Å²) in [6.07, 6.45) is -1.48. The van der Waals surface area contributed by atoms with Crippen LogP contribution in [0.2, 0.25) is 0 Å². The number of halogens is 2. The number of carbonyl (C=O) groups excluding carboxylic acids is 1. The summed E-state index contributed by atoms with van der Waals surface area (Å²) in [5, 5.41) is 11.1. The van der Waals surface area contributed by atoms with E-state index >= 15 is 0 Å². The molecular weight excluding hydrogens is 141 g/mol. The van der Waals surface area contributed by atoms with Crippen molar-refractivity contribution in [2.24, 2.45) is 0 Å². The molecule has 1 N–H and O–H groups in total. The third-order valence-electron chi connectivity index (χ3n) is 0.227. The second-order valence-corrected chi connectivity index (χ2v) is 1.83. The third-order valence-corrected chi connectivity index (χ3v) is 0.445.